The van der Waals surface area contributed by atoms with E-state index in [4.69, 9.17) is 4.74 Å². The fourth-order valence-electron chi connectivity index (χ4n) is 2.92. The molecule has 0 fully saturated rings. The summed E-state index contributed by atoms with van der Waals surface area (Å²) in [6.07, 6.45) is -2.75. The maximum atomic E-state index is 13.1. The number of fused-ring (bicyclic) bond motifs is 2. The lowest BCUT2D eigenvalue weighted by Gasteiger charge is -2.33. The fourth-order valence-corrected chi connectivity index (χ4v) is 2.92. The second-order valence-corrected chi connectivity index (χ2v) is 5.49. The average Bonchev–Trinajstić information content (AvgIpc) is 3.05. The van der Waals surface area contributed by atoms with Crippen LogP contribution in [0.15, 0.2) is 47.5 Å². The summed E-state index contributed by atoms with van der Waals surface area (Å²) in [5.74, 6) is 1.81. The van der Waals surface area contributed by atoms with Crippen LogP contribution < -0.4 is 9.64 Å². The summed E-state index contributed by atoms with van der Waals surface area (Å²) in [6.45, 7) is 0.698. The van der Waals surface area contributed by atoms with Crippen LogP contribution in [0.25, 0.3) is 0 Å². The van der Waals surface area contributed by atoms with E-state index in [2.05, 4.69) is 4.99 Å². The highest BCUT2D eigenvalue weighted by molar-refractivity contribution is 6.08. The Bertz CT molecular complexity index is 805. The Morgan fingerprint density at radius 2 is 1.75 bits per heavy atom. The van der Waals surface area contributed by atoms with Gasteiger partial charge in [0.25, 0.3) is 0 Å². The second kappa shape index (κ2) is 6.02. The predicted octanol–water partition coefficient (Wildman–Crippen LogP) is 5.56. The van der Waals surface area contributed by atoms with Gasteiger partial charge in [0, 0.05) is 13.0 Å². The lowest BCUT2D eigenvalue weighted by Crippen LogP contribution is -2.27. The van der Waals surface area contributed by atoms with Crippen LogP contribution in [0.5, 0.6) is 11.5 Å². The number of alkyl halides is 3. The Kier molecular flexibility index (Phi) is 4.17. The van der Waals surface area contributed by atoms with Gasteiger partial charge < -0.3 is 4.74 Å². The van der Waals surface area contributed by atoms with Crippen molar-refractivity contribution >= 4 is 29.6 Å². The Hall–Kier alpha value is -2.21. The van der Waals surface area contributed by atoms with Crippen molar-refractivity contribution in [1.82, 2.24) is 0 Å². The Labute approximate surface area is 143 Å². The van der Waals surface area contributed by atoms with Crippen molar-refractivity contribution in [2.24, 2.45) is 4.99 Å². The molecule has 2 aliphatic heterocycles. The van der Waals surface area contributed by atoms with E-state index in [1.54, 1.807) is 11.0 Å². The van der Waals surface area contributed by atoms with E-state index < -0.39 is 11.7 Å². The van der Waals surface area contributed by atoms with Gasteiger partial charge in [0.2, 0.25) is 0 Å². The van der Waals surface area contributed by atoms with Crippen molar-refractivity contribution in [3.05, 3.63) is 48.0 Å². The second-order valence-electron chi connectivity index (χ2n) is 5.49. The van der Waals surface area contributed by atoms with Crippen LogP contribution in [-0.4, -0.2) is 12.4 Å². The highest BCUT2D eigenvalue weighted by Crippen LogP contribution is 2.49. The summed E-state index contributed by atoms with van der Waals surface area (Å²) in [5.41, 5.74) is 0.418. The minimum absolute atomic E-state index is 0. The maximum Gasteiger partial charge on any atom is 0.416 e. The number of amidine groups is 1. The number of benzene rings is 2. The van der Waals surface area contributed by atoms with E-state index in [1.165, 1.54) is 6.07 Å². The summed E-state index contributed by atoms with van der Waals surface area (Å²) in [6, 6.07) is 10.9. The number of ether oxygens (including phenoxy) is 1. The zero-order chi connectivity index (χ0) is 16.0. The first-order chi connectivity index (χ1) is 11.0. The van der Waals surface area contributed by atoms with Gasteiger partial charge in [-0.2, -0.15) is 13.2 Å². The summed E-state index contributed by atoms with van der Waals surface area (Å²) in [7, 11) is 0. The van der Waals surface area contributed by atoms with Gasteiger partial charge in [-0.3, -0.25) is 9.89 Å². The van der Waals surface area contributed by atoms with Gasteiger partial charge in [-0.1, -0.05) is 12.1 Å². The lowest BCUT2D eigenvalue weighted by atomic mass is 10.1. The minimum Gasteiger partial charge on any atom is -0.453 e. The molecule has 0 atom stereocenters. The van der Waals surface area contributed by atoms with Gasteiger partial charge in [0.15, 0.2) is 11.5 Å². The quantitative estimate of drug-likeness (QED) is 0.618. The summed E-state index contributed by atoms with van der Waals surface area (Å²) >= 11 is 0. The molecule has 0 unspecified atom stereocenters. The van der Waals surface area contributed by atoms with Crippen LogP contribution in [0.3, 0.4) is 0 Å². The van der Waals surface area contributed by atoms with Crippen LogP contribution in [0.1, 0.15) is 18.4 Å². The standard InChI is InChI=1S/C17H13F3N2O.ClH/c18-17(19,20)11-7-8-15-13(10-11)22(16-6-3-9-21-16)12-4-1-2-5-14(12)23-15;/h1-2,4-5,7-8,10H,3,6,9H2;1H. The number of hydrogen-bond acceptors (Lipinski definition) is 3. The molecule has 2 heterocycles. The Morgan fingerprint density at radius 3 is 2.46 bits per heavy atom. The molecule has 2 aromatic carbocycles. The topological polar surface area (TPSA) is 24.8 Å². The molecule has 2 aromatic rings. The van der Waals surface area contributed by atoms with Crippen molar-refractivity contribution in [2.75, 3.05) is 11.4 Å². The van der Waals surface area contributed by atoms with Crippen molar-refractivity contribution in [2.45, 2.75) is 19.0 Å². The van der Waals surface area contributed by atoms with Gasteiger partial charge in [-0.25, -0.2) is 0 Å². The average molecular weight is 355 g/mol. The molecular weight excluding hydrogens is 341 g/mol. The molecule has 0 amide bonds. The van der Waals surface area contributed by atoms with Crippen LogP contribution in [-0.2, 0) is 6.18 Å². The van der Waals surface area contributed by atoms with Crippen molar-refractivity contribution in [1.29, 1.82) is 0 Å². The Balaban J connectivity index is 0.00000169. The number of rotatable bonds is 0. The first kappa shape index (κ1) is 16.6. The molecule has 3 nitrogen and oxygen atoms in total. The number of halogens is 4. The fraction of sp³-hybridized carbons (Fsp3) is 0.235. The van der Waals surface area contributed by atoms with Crippen molar-refractivity contribution < 1.29 is 17.9 Å². The molecule has 7 heteroatoms. The zero-order valence-corrected chi connectivity index (χ0v) is 13.3. The third-order valence-electron chi connectivity index (χ3n) is 3.96. The number of anilines is 2. The molecule has 0 bridgehead atoms. The predicted molar refractivity (Wildman–Crippen MR) is 88.9 cm³/mol. The number of para-hydroxylation sites is 2. The largest absolute Gasteiger partial charge is 0.453 e. The maximum absolute atomic E-state index is 13.1. The molecule has 0 saturated heterocycles. The number of nitrogens with zero attached hydrogens (tertiary/aromatic N) is 2. The normalized spacial score (nSPS) is 15.8. The minimum atomic E-state index is -4.39. The van der Waals surface area contributed by atoms with Gasteiger partial charge >= 0.3 is 6.18 Å². The third kappa shape index (κ3) is 2.71. The molecule has 2 aliphatic rings. The SMILES string of the molecule is Cl.FC(F)(F)c1ccc2c(c1)N(C1=NCCC1)c1ccccc1O2. The summed E-state index contributed by atoms with van der Waals surface area (Å²) in [5, 5.41) is 0. The first-order valence-corrected chi connectivity index (χ1v) is 7.35. The van der Waals surface area contributed by atoms with Gasteiger partial charge in [-0.05, 0) is 36.8 Å². The van der Waals surface area contributed by atoms with E-state index >= 15 is 0 Å². The molecule has 0 saturated carbocycles. The molecule has 4 rings (SSSR count). The lowest BCUT2D eigenvalue weighted by molar-refractivity contribution is -0.137. The van der Waals surface area contributed by atoms with Crippen molar-refractivity contribution in [3.8, 4) is 11.5 Å². The van der Waals surface area contributed by atoms with E-state index in [1.807, 2.05) is 18.2 Å². The van der Waals surface area contributed by atoms with Crippen LogP contribution >= 0.6 is 12.4 Å². The van der Waals surface area contributed by atoms with E-state index in [9.17, 15) is 13.2 Å². The molecule has 0 aromatic heterocycles. The zero-order valence-electron chi connectivity index (χ0n) is 12.5. The number of aliphatic imine (C=N–C) groups is 1. The van der Waals surface area contributed by atoms with Gasteiger partial charge in [0.05, 0.1) is 16.9 Å². The highest BCUT2D eigenvalue weighted by Gasteiger charge is 2.35. The summed E-state index contributed by atoms with van der Waals surface area (Å²) < 4.78 is 45.0. The van der Waals surface area contributed by atoms with Crippen molar-refractivity contribution in [3.63, 3.8) is 0 Å². The molecule has 0 N–H and O–H groups in total. The summed E-state index contributed by atoms with van der Waals surface area (Å²) in [4.78, 5) is 6.24. The monoisotopic (exact) mass is 354 g/mol. The molecule has 126 valence electrons. The smallest absolute Gasteiger partial charge is 0.416 e. The van der Waals surface area contributed by atoms with Crippen LogP contribution in [0.2, 0.25) is 0 Å². The highest BCUT2D eigenvalue weighted by atomic mass is 35.5. The van der Waals surface area contributed by atoms with Gasteiger partial charge in [-0.15, -0.1) is 12.4 Å². The molecular formula is C17H14ClF3N2O. The van der Waals surface area contributed by atoms with E-state index in [0.29, 0.717) is 23.7 Å². The molecule has 0 radical (unpaired) electrons. The van der Waals surface area contributed by atoms with Gasteiger partial charge in [0.1, 0.15) is 5.84 Å². The number of hydrogen-bond donors (Lipinski definition) is 0. The van der Waals surface area contributed by atoms with E-state index in [0.717, 1.165) is 36.5 Å². The van der Waals surface area contributed by atoms with Crippen LogP contribution in [0.4, 0.5) is 24.5 Å². The van der Waals surface area contributed by atoms with Crippen LogP contribution in [0, 0.1) is 0 Å². The molecule has 0 aliphatic carbocycles. The molecule has 24 heavy (non-hydrogen) atoms. The Morgan fingerprint density at radius 1 is 1.00 bits per heavy atom. The molecule has 0 spiro atoms. The first-order valence-electron chi connectivity index (χ1n) is 7.35. The van der Waals surface area contributed by atoms with E-state index in [-0.39, 0.29) is 12.4 Å². The third-order valence-corrected chi connectivity index (χ3v) is 3.96.